The Bertz CT molecular complexity index is 590. The highest BCUT2D eigenvalue weighted by Gasteiger charge is 2.15. The van der Waals surface area contributed by atoms with Crippen molar-refractivity contribution in [2.75, 3.05) is 19.8 Å². The Labute approximate surface area is 110 Å². The molecule has 1 amide bonds. The van der Waals surface area contributed by atoms with Crippen LogP contribution in [0.1, 0.15) is 10.6 Å². The van der Waals surface area contributed by atoms with Gasteiger partial charge in [0.2, 0.25) is 0 Å². The van der Waals surface area contributed by atoms with Crippen LogP contribution in [0.2, 0.25) is 5.02 Å². The van der Waals surface area contributed by atoms with Crippen LogP contribution in [-0.4, -0.2) is 24.9 Å². The second-order valence-electron chi connectivity index (χ2n) is 4.10. The molecule has 0 saturated heterocycles. The molecule has 0 bridgehead atoms. The molecule has 1 heterocycles. The number of carbonyl (C=O) groups excluding carboxylic acids is 1. The monoisotopic (exact) mass is 264 g/mol. The molecule has 0 fully saturated rings. The van der Waals surface area contributed by atoms with Gasteiger partial charge in [0.15, 0.2) is 5.76 Å². The first kappa shape index (κ1) is 12.5. The van der Waals surface area contributed by atoms with Crippen LogP contribution in [0.4, 0.5) is 5.69 Å². The van der Waals surface area contributed by atoms with Crippen LogP contribution in [-0.2, 0) is 0 Å². The van der Waals surface area contributed by atoms with E-state index in [1.54, 1.807) is 44.4 Å². The fourth-order valence-corrected chi connectivity index (χ4v) is 1.76. The number of benzene rings is 1. The lowest BCUT2D eigenvalue weighted by molar-refractivity contribution is 0.0797. The molecule has 4 nitrogen and oxygen atoms in total. The number of nitrogens with two attached hydrogens (primary N) is 1. The number of rotatable bonds is 2. The van der Waals surface area contributed by atoms with Crippen LogP contribution >= 0.6 is 11.6 Å². The first-order valence-electron chi connectivity index (χ1n) is 5.36. The summed E-state index contributed by atoms with van der Waals surface area (Å²) in [5.41, 5.74) is 7.09. The fraction of sp³-hybridized carbons (Fsp3) is 0.154. The number of hydrogen-bond donors (Lipinski definition) is 1. The van der Waals surface area contributed by atoms with E-state index in [9.17, 15) is 4.79 Å². The quantitative estimate of drug-likeness (QED) is 0.849. The minimum Gasteiger partial charge on any atom is -0.451 e. The van der Waals surface area contributed by atoms with Crippen molar-refractivity contribution < 1.29 is 9.21 Å². The van der Waals surface area contributed by atoms with E-state index >= 15 is 0 Å². The van der Waals surface area contributed by atoms with Crippen molar-refractivity contribution in [2.45, 2.75) is 0 Å². The summed E-state index contributed by atoms with van der Waals surface area (Å²) in [4.78, 5) is 13.2. The summed E-state index contributed by atoms with van der Waals surface area (Å²) in [6.45, 7) is 0. The minimum absolute atomic E-state index is 0.186. The standard InChI is InChI=1S/C13H13ClN2O2/c1-16(2)13(17)12-6-5-11(18-12)9-4-3-8(14)7-10(9)15/h3-7H,15H2,1-2H3. The smallest absolute Gasteiger partial charge is 0.289 e. The molecule has 1 aromatic heterocycles. The highest BCUT2D eigenvalue weighted by molar-refractivity contribution is 6.31. The topological polar surface area (TPSA) is 59.5 Å². The van der Waals surface area contributed by atoms with E-state index in [2.05, 4.69) is 0 Å². The molecule has 0 radical (unpaired) electrons. The molecule has 1 aromatic carbocycles. The van der Waals surface area contributed by atoms with Crippen molar-refractivity contribution >= 4 is 23.2 Å². The maximum atomic E-state index is 11.7. The number of nitrogens with zero attached hydrogens (tertiary/aromatic N) is 1. The summed E-state index contributed by atoms with van der Waals surface area (Å²) in [7, 11) is 3.34. The zero-order chi connectivity index (χ0) is 13.3. The lowest BCUT2D eigenvalue weighted by Gasteiger charge is -2.07. The van der Waals surface area contributed by atoms with Crippen molar-refractivity contribution in [3.8, 4) is 11.3 Å². The van der Waals surface area contributed by atoms with Crippen LogP contribution in [0, 0.1) is 0 Å². The minimum atomic E-state index is -0.186. The highest BCUT2D eigenvalue weighted by Crippen LogP contribution is 2.30. The molecule has 2 rings (SSSR count). The van der Waals surface area contributed by atoms with Gasteiger partial charge in [-0.25, -0.2) is 0 Å². The average molecular weight is 265 g/mol. The summed E-state index contributed by atoms with van der Waals surface area (Å²) in [6.07, 6.45) is 0. The third kappa shape index (κ3) is 2.33. The molecule has 0 atom stereocenters. The maximum Gasteiger partial charge on any atom is 0.289 e. The van der Waals surface area contributed by atoms with Gasteiger partial charge < -0.3 is 15.1 Å². The van der Waals surface area contributed by atoms with Crippen molar-refractivity contribution in [2.24, 2.45) is 0 Å². The Morgan fingerprint density at radius 2 is 2.00 bits per heavy atom. The summed E-state index contributed by atoms with van der Waals surface area (Å²) in [5, 5.41) is 0.562. The molecule has 0 aliphatic heterocycles. The molecule has 94 valence electrons. The van der Waals surface area contributed by atoms with E-state index in [1.807, 2.05) is 0 Å². The molecular weight excluding hydrogens is 252 g/mol. The van der Waals surface area contributed by atoms with Gasteiger partial charge in [0.25, 0.3) is 5.91 Å². The van der Waals surface area contributed by atoms with Gasteiger partial charge in [-0.2, -0.15) is 0 Å². The molecule has 2 aromatic rings. The van der Waals surface area contributed by atoms with Crippen molar-refractivity contribution in [3.05, 3.63) is 41.1 Å². The third-order valence-corrected chi connectivity index (χ3v) is 2.74. The summed E-state index contributed by atoms with van der Waals surface area (Å²) >= 11 is 5.83. The van der Waals surface area contributed by atoms with E-state index in [0.29, 0.717) is 16.5 Å². The van der Waals surface area contributed by atoms with Crippen LogP contribution in [0.15, 0.2) is 34.7 Å². The molecule has 0 saturated carbocycles. The van der Waals surface area contributed by atoms with Gasteiger partial charge >= 0.3 is 0 Å². The number of hydrogen-bond acceptors (Lipinski definition) is 3. The zero-order valence-corrected chi connectivity index (χ0v) is 10.9. The van der Waals surface area contributed by atoms with Gasteiger partial charge in [-0.3, -0.25) is 4.79 Å². The average Bonchev–Trinajstić information content (AvgIpc) is 2.77. The molecule has 2 N–H and O–H groups in total. The molecule has 0 aliphatic carbocycles. The lowest BCUT2D eigenvalue weighted by Crippen LogP contribution is -2.20. The fourth-order valence-electron chi connectivity index (χ4n) is 1.58. The van der Waals surface area contributed by atoms with Gasteiger partial charge in [0.05, 0.1) is 0 Å². The Morgan fingerprint density at radius 3 is 2.61 bits per heavy atom. The molecular formula is C13H13ClN2O2. The molecule has 0 spiro atoms. The molecule has 5 heteroatoms. The maximum absolute atomic E-state index is 11.7. The molecule has 0 unspecified atom stereocenters. The number of nitrogen functional groups attached to an aromatic ring is 1. The lowest BCUT2D eigenvalue weighted by atomic mass is 10.1. The van der Waals surface area contributed by atoms with Gasteiger partial charge in [-0.15, -0.1) is 0 Å². The summed E-state index contributed by atoms with van der Waals surface area (Å²) in [6, 6.07) is 8.48. The van der Waals surface area contributed by atoms with E-state index in [-0.39, 0.29) is 11.7 Å². The van der Waals surface area contributed by atoms with Gasteiger partial charge in [0.1, 0.15) is 5.76 Å². The van der Waals surface area contributed by atoms with E-state index in [4.69, 9.17) is 21.8 Å². The number of amides is 1. The van der Waals surface area contributed by atoms with Crippen LogP contribution in [0.3, 0.4) is 0 Å². The second-order valence-corrected chi connectivity index (χ2v) is 4.53. The largest absolute Gasteiger partial charge is 0.451 e. The SMILES string of the molecule is CN(C)C(=O)c1ccc(-c2ccc(Cl)cc2N)o1. The predicted molar refractivity (Wildman–Crippen MR) is 71.6 cm³/mol. The number of furan rings is 1. The first-order valence-corrected chi connectivity index (χ1v) is 5.73. The third-order valence-electron chi connectivity index (χ3n) is 2.50. The van der Waals surface area contributed by atoms with Gasteiger partial charge in [-0.05, 0) is 30.3 Å². The summed E-state index contributed by atoms with van der Waals surface area (Å²) in [5.74, 6) is 0.646. The number of anilines is 1. The highest BCUT2D eigenvalue weighted by atomic mass is 35.5. The number of halogens is 1. The van der Waals surface area contributed by atoms with Crippen molar-refractivity contribution in [3.63, 3.8) is 0 Å². The molecule has 0 aliphatic rings. The van der Waals surface area contributed by atoms with E-state index in [1.165, 1.54) is 4.90 Å². The first-order chi connectivity index (χ1) is 8.49. The number of carbonyl (C=O) groups is 1. The van der Waals surface area contributed by atoms with Crippen molar-refractivity contribution in [1.82, 2.24) is 4.90 Å². The molecule has 18 heavy (non-hydrogen) atoms. The van der Waals surface area contributed by atoms with Gasteiger partial charge in [-0.1, -0.05) is 11.6 Å². The Morgan fingerprint density at radius 1 is 1.28 bits per heavy atom. The van der Waals surface area contributed by atoms with Crippen LogP contribution in [0.25, 0.3) is 11.3 Å². The normalized spacial score (nSPS) is 10.4. The second kappa shape index (κ2) is 4.74. The van der Waals surface area contributed by atoms with Crippen LogP contribution in [0.5, 0.6) is 0 Å². The van der Waals surface area contributed by atoms with Crippen molar-refractivity contribution in [1.29, 1.82) is 0 Å². The summed E-state index contributed by atoms with van der Waals surface area (Å²) < 4.78 is 5.50. The zero-order valence-electron chi connectivity index (χ0n) is 10.1. The Kier molecular flexibility index (Phi) is 3.30. The predicted octanol–water partition coefficient (Wildman–Crippen LogP) is 2.88. The van der Waals surface area contributed by atoms with Gasteiger partial charge in [0, 0.05) is 30.4 Å². The van der Waals surface area contributed by atoms with E-state index < -0.39 is 0 Å². The van der Waals surface area contributed by atoms with Crippen LogP contribution < -0.4 is 5.73 Å². The Hall–Kier alpha value is -1.94. The Balaban J connectivity index is 2.38. The van der Waals surface area contributed by atoms with E-state index in [0.717, 1.165) is 5.56 Å².